The molecule has 0 aliphatic carbocycles. The molecule has 11 heteroatoms. The molecule has 0 radical (unpaired) electrons. The highest BCUT2D eigenvalue weighted by molar-refractivity contribution is 7.89. The monoisotopic (exact) mass is 549 g/mol. The molecule has 3 aromatic rings. The largest absolute Gasteiger partial charge is 0.465 e. The molecule has 0 unspecified atom stereocenters. The number of thiocarbonyl (C=S) groups is 1. The Morgan fingerprint density at radius 2 is 1.69 bits per heavy atom. The molecule has 2 aromatic carbocycles. The first kappa shape index (κ1) is 25.6. The Hall–Kier alpha value is -2.50. The number of nitrogens with zero attached hydrogens (tertiary/aromatic N) is 2. The molecule has 0 atom stereocenters. The summed E-state index contributed by atoms with van der Waals surface area (Å²) in [5, 5.41) is 4.73. The number of carbonyl (C=O) groups excluding carboxylic acids is 1. The van der Waals surface area contributed by atoms with Crippen LogP contribution in [-0.2, 0) is 14.8 Å². The Morgan fingerprint density at radius 1 is 1.06 bits per heavy atom. The van der Waals surface area contributed by atoms with E-state index in [0.29, 0.717) is 33.8 Å². The molecular weight excluding hydrogens is 526 g/mol. The van der Waals surface area contributed by atoms with E-state index in [9.17, 15) is 13.2 Å². The maximum atomic E-state index is 13.0. The van der Waals surface area contributed by atoms with E-state index in [4.69, 9.17) is 28.6 Å². The number of ether oxygens (including phenoxy) is 1. The molecule has 4 rings (SSSR count). The van der Waals surface area contributed by atoms with Gasteiger partial charge in [0.1, 0.15) is 10.6 Å². The van der Waals surface area contributed by atoms with Crippen molar-refractivity contribution in [3.63, 3.8) is 0 Å². The highest BCUT2D eigenvalue weighted by atomic mass is 35.5. The minimum Gasteiger partial charge on any atom is -0.465 e. The van der Waals surface area contributed by atoms with Gasteiger partial charge in [-0.1, -0.05) is 41.9 Å². The maximum Gasteiger partial charge on any atom is 0.341 e. The fraction of sp³-hybridized carbons (Fsp3) is 0.250. The molecule has 1 N–H and O–H groups in total. The van der Waals surface area contributed by atoms with E-state index in [1.54, 1.807) is 12.1 Å². The van der Waals surface area contributed by atoms with E-state index < -0.39 is 16.0 Å². The van der Waals surface area contributed by atoms with E-state index in [1.165, 1.54) is 34.9 Å². The zero-order valence-corrected chi connectivity index (χ0v) is 22.4. The number of carbonyl (C=O) groups is 1. The summed E-state index contributed by atoms with van der Waals surface area (Å²) in [6.07, 6.45) is 0. The van der Waals surface area contributed by atoms with Crippen LogP contribution in [0.2, 0.25) is 5.02 Å². The van der Waals surface area contributed by atoms with Gasteiger partial charge in [0.15, 0.2) is 5.11 Å². The van der Waals surface area contributed by atoms with E-state index in [1.807, 2.05) is 42.2 Å². The molecule has 1 aliphatic rings. The Morgan fingerprint density at radius 3 is 2.29 bits per heavy atom. The van der Waals surface area contributed by atoms with Crippen LogP contribution >= 0.6 is 35.2 Å². The van der Waals surface area contributed by atoms with Crippen molar-refractivity contribution in [1.29, 1.82) is 0 Å². The molecule has 7 nitrogen and oxygen atoms in total. The number of piperazine rings is 1. The lowest BCUT2D eigenvalue weighted by atomic mass is 10.0. The van der Waals surface area contributed by atoms with E-state index in [0.717, 1.165) is 16.0 Å². The van der Waals surface area contributed by atoms with Crippen LogP contribution in [0.25, 0.3) is 11.1 Å². The second-order valence-electron chi connectivity index (χ2n) is 7.87. The van der Waals surface area contributed by atoms with Crippen molar-refractivity contribution in [2.24, 2.45) is 0 Å². The predicted molar refractivity (Wildman–Crippen MR) is 144 cm³/mol. The number of anilines is 1. The third-order valence-electron chi connectivity index (χ3n) is 5.73. The van der Waals surface area contributed by atoms with E-state index >= 15 is 0 Å². The standard InChI is InChI=1S/C24H24ClN3O4S3/c1-16-20(17-6-4-3-5-7-17)21(23(29)32-2)22(34-16)26-24(33)27-12-14-28(15-13-27)35(30,31)19-10-8-18(25)9-11-19/h3-11H,12-15H2,1-2H3,(H,26,33). The second-order valence-corrected chi connectivity index (χ2v) is 11.9. The molecule has 0 amide bonds. The number of methoxy groups -OCH3 is 1. The minimum absolute atomic E-state index is 0.210. The number of rotatable bonds is 5. The zero-order chi connectivity index (χ0) is 25.2. The number of hydrogen-bond acceptors (Lipinski definition) is 6. The minimum atomic E-state index is -3.62. The van der Waals surface area contributed by atoms with Crippen molar-refractivity contribution in [3.8, 4) is 11.1 Å². The van der Waals surface area contributed by atoms with Gasteiger partial charge in [-0.3, -0.25) is 0 Å². The van der Waals surface area contributed by atoms with Crippen LogP contribution in [0.5, 0.6) is 0 Å². The molecule has 0 saturated carbocycles. The van der Waals surface area contributed by atoms with Gasteiger partial charge in [-0.25, -0.2) is 13.2 Å². The molecule has 1 aromatic heterocycles. The smallest absolute Gasteiger partial charge is 0.341 e. The molecule has 184 valence electrons. The van der Waals surface area contributed by atoms with Gasteiger partial charge in [-0.2, -0.15) is 4.31 Å². The number of esters is 1. The van der Waals surface area contributed by atoms with Crippen LogP contribution in [0.4, 0.5) is 5.00 Å². The first-order valence-electron chi connectivity index (χ1n) is 10.8. The fourth-order valence-corrected chi connectivity index (χ4v) is 6.91. The lowest BCUT2D eigenvalue weighted by Crippen LogP contribution is -2.51. The van der Waals surface area contributed by atoms with Crippen molar-refractivity contribution in [3.05, 3.63) is 70.1 Å². The number of thiophene rings is 1. The van der Waals surface area contributed by atoms with Crippen molar-refractivity contribution < 1.29 is 17.9 Å². The maximum absolute atomic E-state index is 13.0. The Labute approximate surface area is 219 Å². The van der Waals surface area contributed by atoms with Gasteiger partial charge >= 0.3 is 5.97 Å². The van der Waals surface area contributed by atoms with Crippen LogP contribution in [0.1, 0.15) is 15.2 Å². The second kappa shape index (κ2) is 10.6. The summed E-state index contributed by atoms with van der Waals surface area (Å²) < 4.78 is 32.4. The van der Waals surface area contributed by atoms with Crippen LogP contribution < -0.4 is 5.32 Å². The SMILES string of the molecule is COC(=O)c1c(NC(=S)N2CCN(S(=O)(=O)c3ccc(Cl)cc3)CC2)sc(C)c1-c1ccccc1. The molecule has 0 bridgehead atoms. The normalized spacial score (nSPS) is 14.5. The summed E-state index contributed by atoms with van der Waals surface area (Å²) in [5.74, 6) is -0.447. The zero-order valence-electron chi connectivity index (χ0n) is 19.2. The molecule has 1 saturated heterocycles. The molecule has 2 heterocycles. The van der Waals surface area contributed by atoms with Crippen molar-refractivity contribution in [1.82, 2.24) is 9.21 Å². The summed E-state index contributed by atoms with van der Waals surface area (Å²) in [5.41, 5.74) is 2.17. The third-order valence-corrected chi connectivity index (χ3v) is 9.28. The van der Waals surface area contributed by atoms with Crippen molar-refractivity contribution >= 4 is 61.3 Å². The lowest BCUT2D eigenvalue weighted by molar-refractivity contribution is 0.0603. The third kappa shape index (κ3) is 5.36. The topological polar surface area (TPSA) is 79.0 Å². The van der Waals surface area contributed by atoms with Crippen molar-refractivity contribution in [2.45, 2.75) is 11.8 Å². The summed E-state index contributed by atoms with van der Waals surface area (Å²) in [4.78, 5) is 15.8. The van der Waals surface area contributed by atoms with Gasteiger partial charge in [-0.05, 0) is 49.0 Å². The Kier molecular flexibility index (Phi) is 7.77. The summed E-state index contributed by atoms with van der Waals surface area (Å²) in [6.45, 7) is 3.36. The van der Waals surface area contributed by atoms with Gasteiger partial charge in [-0.15, -0.1) is 11.3 Å². The van der Waals surface area contributed by atoms with E-state index in [-0.39, 0.29) is 18.0 Å². The number of aryl methyl sites for hydroxylation is 1. The number of nitrogens with one attached hydrogen (secondary N) is 1. The molecule has 1 fully saturated rings. The molecule has 1 aliphatic heterocycles. The first-order valence-corrected chi connectivity index (χ1v) is 13.9. The quantitative estimate of drug-likeness (QED) is 0.359. The molecule has 0 spiro atoms. The van der Waals surface area contributed by atoms with Crippen LogP contribution in [0.3, 0.4) is 0 Å². The predicted octanol–water partition coefficient (Wildman–Crippen LogP) is 4.87. The average molecular weight is 550 g/mol. The van der Waals surface area contributed by atoms with Crippen LogP contribution in [0, 0.1) is 6.92 Å². The van der Waals surface area contributed by atoms with Crippen molar-refractivity contribution in [2.75, 3.05) is 38.6 Å². The van der Waals surface area contributed by atoms with Crippen LogP contribution in [-0.4, -0.2) is 62.0 Å². The first-order chi connectivity index (χ1) is 16.7. The Balaban J connectivity index is 1.49. The highest BCUT2D eigenvalue weighted by Crippen LogP contribution is 2.40. The fourth-order valence-electron chi connectivity index (χ4n) is 3.95. The summed E-state index contributed by atoms with van der Waals surface area (Å²) >= 11 is 13.0. The Bertz CT molecular complexity index is 1330. The number of sulfonamides is 1. The van der Waals surface area contributed by atoms with E-state index in [2.05, 4.69) is 5.32 Å². The molecule has 35 heavy (non-hydrogen) atoms. The molecular formula is C24H24ClN3O4S3. The van der Waals surface area contributed by atoms with Gasteiger partial charge < -0.3 is 15.0 Å². The number of benzene rings is 2. The average Bonchev–Trinajstić information content (AvgIpc) is 3.19. The van der Waals surface area contributed by atoms with Crippen LogP contribution in [0.15, 0.2) is 59.5 Å². The van der Waals surface area contributed by atoms with Gasteiger partial charge in [0.2, 0.25) is 10.0 Å². The summed E-state index contributed by atoms with van der Waals surface area (Å²) in [7, 11) is -2.26. The number of halogens is 1. The summed E-state index contributed by atoms with van der Waals surface area (Å²) in [6, 6.07) is 15.8. The van der Waals surface area contributed by atoms with Gasteiger partial charge in [0.25, 0.3) is 0 Å². The highest BCUT2D eigenvalue weighted by Gasteiger charge is 2.30. The van der Waals surface area contributed by atoms with Gasteiger partial charge in [0, 0.05) is 41.6 Å². The lowest BCUT2D eigenvalue weighted by Gasteiger charge is -2.35. The number of hydrogen-bond donors (Lipinski definition) is 1. The van der Waals surface area contributed by atoms with Gasteiger partial charge in [0.05, 0.1) is 12.0 Å².